The Labute approximate surface area is 159 Å². The summed E-state index contributed by atoms with van der Waals surface area (Å²) in [4.78, 5) is 12.1. The van der Waals surface area contributed by atoms with Crippen LogP contribution in [0.3, 0.4) is 0 Å². The lowest BCUT2D eigenvalue weighted by Crippen LogP contribution is -2.49. The maximum atomic E-state index is 12.1. The van der Waals surface area contributed by atoms with Crippen LogP contribution in [0.1, 0.15) is 15.9 Å². The number of benzene rings is 2. The number of hydrazine groups is 1. The molecule has 0 fully saturated rings. The third-order valence-corrected chi connectivity index (χ3v) is 4.24. The van der Waals surface area contributed by atoms with E-state index in [4.69, 9.17) is 24.4 Å². The van der Waals surface area contributed by atoms with E-state index in [0.29, 0.717) is 10.7 Å². The highest BCUT2D eigenvalue weighted by molar-refractivity contribution is 9.10. The lowest BCUT2D eigenvalue weighted by Gasteiger charge is -2.14. The van der Waals surface area contributed by atoms with Crippen molar-refractivity contribution in [2.45, 2.75) is 6.92 Å². The van der Waals surface area contributed by atoms with Gasteiger partial charge in [-0.15, -0.1) is 0 Å². The predicted molar refractivity (Wildman–Crippen MR) is 108 cm³/mol. The number of thiocarbonyl (C=S) groups is 2. The number of aryl methyl sites for hydroxylation is 1. The van der Waals surface area contributed by atoms with Gasteiger partial charge in [-0.25, -0.2) is 0 Å². The molecule has 24 heavy (non-hydrogen) atoms. The summed E-state index contributed by atoms with van der Waals surface area (Å²) in [6.45, 7) is 1.95. The molecule has 4 N–H and O–H groups in total. The molecule has 0 bridgehead atoms. The van der Waals surface area contributed by atoms with Crippen molar-refractivity contribution in [2.24, 2.45) is 0 Å². The first-order valence-corrected chi connectivity index (χ1v) is 8.56. The maximum Gasteiger partial charge on any atom is 0.257 e. The molecular formula is C16H15BrN4OS2. The van der Waals surface area contributed by atoms with Crippen LogP contribution in [0, 0.1) is 6.92 Å². The Balaban J connectivity index is 1.81. The van der Waals surface area contributed by atoms with E-state index in [1.54, 1.807) is 12.1 Å². The van der Waals surface area contributed by atoms with Gasteiger partial charge in [-0.2, -0.15) is 0 Å². The smallest absolute Gasteiger partial charge is 0.257 e. The van der Waals surface area contributed by atoms with Crippen LogP contribution in [-0.2, 0) is 0 Å². The first kappa shape index (κ1) is 18.3. The topological polar surface area (TPSA) is 65.2 Å². The lowest BCUT2D eigenvalue weighted by atomic mass is 10.1. The number of anilines is 1. The van der Waals surface area contributed by atoms with Crippen molar-refractivity contribution >= 4 is 62.2 Å². The van der Waals surface area contributed by atoms with Crippen molar-refractivity contribution in [3.63, 3.8) is 0 Å². The van der Waals surface area contributed by atoms with E-state index in [1.165, 1.54) is 0 Å². The summed E-state index contributed by atoms with van der Waals surface area (Å²) in [5.74, 6) is -0.308. The Bertz CT molecular complexity index is 768. The van der Waals surface area contributed by atoms with Gasteiger partial charge in [0.2, 0.25) is 0 Å². The Hall–Kier alpha value is -2.03. The Morgan fingerprint density at radius 1 is 1.00 bits per heavy atom. The standard InChI is InChI=1S/C16H15BrN4OS2/c1-10-7-8-11(9-13(10)17)14(22)19-16(24)21-20-15(23)18-12-5-3-2-4-6-12/h2-9H,1H3,(H2,18,20,23)(H2,19,21,22,24). The van der Waals surface area contributed by atoms with Crippen molar-refractivity contribution < 1.29 is 4.79 Å². The lowest BCUT2D eigenvalue weighted by molar-refractivity contribution is 0.0976. The number of hydrogen-bond donors (Lipinski definition) is 4. The number of nitrogens with one attached hydrogen (secondary N) is 4. The summed E-state index contributed by atoms with van der Waals surface area (Å²) in [6.07, 6.45) is 0. The summed E-state index contributed by atoms with van der Waals surface area (Å²) >= 11 is 13.6. The summed E-state index contributed by atoms with van der Waals surface area (Å²) in [6, 6.07) is 14.8. The van der Waals surface area contributed by atoms with Crippen molar-refractivity contribution in [3.05, 3.63) is 64.1 Å². The fourth-order valence-electron chi connectivity index (χ4n) is 1.74. The predicted octanol–water partition coefficient (Wildman–Crippen LogP) is 3.26. The van der Waals surface area contributed by atoms with Crippen LogP contribution in [0.4, 0.5) is 5.69 Å². The molecule has 0 heterocycles. The van der Waals surface area contributed by atoms with Gasteiger partial charge < -0.3 is 5.32 Å². The van der Waals surface area contributed by atoms with Crippen molar-refractivity contribution in [1.82, 2.24) is 16.2 Å². The van der Waals surface area contributed by atoms with Gasteiger partial charge in [-0.1, -0.05) is 40.2 Å². The fraction of sp³-hybridized carbons (Fsp3) is 0.0625. The van der Waals surface area contributed by atoms with Gasteiger partial charge in [0.05, 0.1) is 0 Å². The molecule has 2 rings (SSSR count). The molecule has 5 nitrogen and oxygen atoms in total. The third kappa shape index (κ3) is 5.55. The number of hydrogen-bond acceptors (Lipinski definition) is 3. The van der Waals surface area contributed by atoms with Gasteiger partial charge in [0.15, 0.2) is 10.2 Å². The molecule has 1 amide bonds. The molecule has 8 heteroatoms. The molecular weight excluding hydrogens is 408 g/mol. The molecule has 0 radical (unpaired) electrons. The molecule has 2 aromatic carbocycles. The molecule has 0 aliphatic heterocycles. The minimum Gasteiger partial charge on any atom is -0.331 e. The van der Waals surface area contributed by atoms with Gasteiger partial charge in [-0.3, -0.25) is 21.0 Å². The minimum atomic E-state index is -0.308. The highest BCUT2D eigenvalue weighted by Gasteiger charge is 2.09. The second-order valence-corrected chi connectivity index (χ2v) is 6.49. The normalized spacial score (nSPS) is 9.75. The van der Waals surface area contributed by atoms with Crippen LogP contribution in [0.15, 0.2) is 53.0 Å². The number of para-hydroxylation sites is 1. The quantitative estimate of drug-likeness (QED) is 0.440. The van der Waals surface area contributed by atoms with E-state index >= 15 is 0 Å². The van der Waals surface area contributed by atoms with Gasteiger partial charge in [0.1, 0.15) is 0 Å². The van der Waals surface area contributed by atoms with E-state index < -0.39 is 0 Å². The van der Waals surface area contributed by atoms with Crippen molar-refractivity contribution in [3.8, 4) is 0 Å². The number of halogens is 1. The molecule has 0 spiro atoms. The van der Waals surface area contributed by atoms with E-state index in [2.05, 4.69) is 37.4 Å². The van der Waals surface area contributed by atoms with E-state index in [-0.39, 0.29) is 11.0 Å². The zero-order valence-electron chi connectivity index (χ0n) is 12.7. The molecule has 0 aromatic heterocycles. The second-order valence-electron chi connectivity index (χ2n) is 4.82. The molecule has 0 saturated heterocycles. The largest absolute Gasteiger partial charge is 0.331 e. The average Bonchev–Trinajstić information content (AvgIpc) is 2.56. The minimum absolute atomic E-state index is 0.119. The van der Waals surface area contributed by atoms with Crippen LogP contribution < -0.4 is 21.5 Å². The highest BCUT2D eigenvalue weighted by atomic mass is 79.9. The Morgan fingerprint density at radius 2 is 1.67 bits per heavy atom. The van der Waals surface area contributed by atoms with Gasteiger partial charge in [0, 0.05) is 15.7 Å². The summed E-state index contributed by atoms with van der Waals surface area (Å²) in [5.41, 5.74) is 7.77. The molecule has 0 saturated carbocycles. The molecule has 0 unspecified atom stereocenters. The third-order valence-electron chi connectivity index (χ3n) is 2.98. The van der Waals surface area contributed by atoms with Gasteiger partial charge in [-0.05, 0) is 61.2 Å². The first-order valence-electron chi connectivity index (χ1n) is 6.95. The van der Waals surface area contributed by atoms with Gasteiger partial charge in [0.25, 0.3) is 5.91 Å². The molecule has 0 aliphatic rings. The van der Waals surface area contributed by atoms with Crippen LogP contribution in [0.25, 0.3) is 0 Å². The monoisotopic (exact) mass is 422 g/mol. The van der Waals surface area contributed by atoms with E-state index in [1.807, 2.05) is 43.3 Å². The summed E-state index contributed by atoms with van der Waals surface area (Å²) < 4.78 is 0.861. The maximum absolute atomic E-state index is 12.1. The van der Waals surface area contributed by atoms with Crippen LogP contribution in [-0.4, -0.2) is 16.1 Å². The summed E-state index contributed by atoms with van der Waals surface area (Å²) in [7, 11) is 0. The second kappa shape index (κ2) is 8.72. The van der Waals surface area contributed by atoms with Crippen LogP contribution >= 0.6 is 40.4 Å². The zero-order valence-corrected chi connectivity index (χ0v) is 15.9. The molecule has 2 aromatic rings. The average molecular weight is 423 g/mol. The van der Waals surface area contributed by atoms with Crippen molar-refractivity contribution in [1.29, 1.82) is 0 Å². The Kier molecular flexibility index (Phi) is 6.65. The number of amides is 1. The number of carbonyl (C=O) groups excluding carboxylic acids is 1. The van der Waals surface area contributed by atoms with Gasteiger partial charge >= 0.3 is 0 Å². The zero-order chi connectivity index (χ0) is 17.5. The summed E-state index contributed by atoms with van der Waals surface area (Å²) in [5, 5.41) is 6.00. The Morgan fingerprint density at radius 3 is 2.33 bits per heavy atom. The highest BCUT2D eigenvalue weighted by Crippen LogP contribution is 2.17. The SMILES string of the molecule is Cc1ccc(C(=O)NC(=S)NNC(=S)Nc2ccccc2)cc1Br. The number of carbonyl (C=O) groups is 1. The molecule has 124 valence electrons. The van der Waals surface area contributed by atoms with Crippen molar-refractivity contribution in [2.75, 3.05) is 5.32 Å². The fourth-order valence-corrected chi connectivity index (χ4v) is 2.43. The van der Waals surface area contributed by atoms with Crippen LogP contribution in [0.2, 0.25) is 0 Å². The first-order chi connectivity index (χ1) is 11.5. The van der Waals surface area contributed by atoms with E-state index in [9.17, 15) is 4.79 Å². The molecule has 0 aliphatic carbocycles. The number of rotatable bonds is 2. The van der Waals surface area contributed by atoms with Crippen LogP contribution in [0.5, 0.6) is 0 Å². The van der Waals surface area contributed by atoms with E-state index in [0.717, 1.165) is 15.7 Å². The molecule has 0 atom stereocenters.